The molecule has 0 saturated carbocycles. The molecule has 2 nitrogen and oxygen atoms in total. The Morgan fingerprint density at radius 2 is 1.38 bits per heavy atom. The number of fused-ring (bicyclic) bond motifs is 1. The molecule has 1 aliphatic rings. The van der Waals surface area contributed by atoms with Crippen LogP contribution in [0.4, 0.5) is 0 Å². The topological polar surface area (TPSA) is 34.1 Å². The maximum absolute atomic E-state index is 11.4. The average Bonchev–Trinajstić information content (AvgIpc) is 2.58. The zero-order valence-electron chi connectivity index (χ0n) is 8.94. The Morgan fingerprint density at radius 3 is 1.75 bits per heavy atom. The van der Waals surface area contributed by atoms with E-state index in [2.05, 4.69) is 0 Å². The van der Waals surface area contributed by atoms with Crippen LogP contribution in [0, 0.1) is 0 Å². The molecule has 82 valence electrons. The van der Waals surface area contributed by atoms with Gasteiger partial charge in [0, 0.05) is 9.79 Å². The summed E-state index contributed by atoms with van der Waals surface area (Å²) in [6.07, 6.45) is 0. The number of hydrogen-bond donors (Lipinski definition) is 0. The second kappa shape index (κ2) is 4.47. The van der Waals surface area contributed by atoms with E-state index >= 15 is 0 Å². The summed E-state index contributed by atoms with van der Waals surface area (Å²) in [5, 5.41) is 0. The van der Waals surface area contributed by atoms with Crippen molar-refractivity contribution in [3.63, 3.8) is 0 Å². The van der Waals surface area contributed by atoms with Crippen LogP contribution >= 0.6 is 23.5 Å². The van der Waals surface area contributed by atoms with Crippen LogP contribution in [-0.4, -0.2) is 11.6 Å². The second-order valence-electron chi connectivity index (χ2n) is 3.43. The van der Waals surface area contributed by atoms with Gasteiger partial charge in [-0.25, -0.2) is 0 Å². The lowest BCUT2D eigenvalue weighted by Gasteiger charge is -2.01. The van der Waals surface area contributed by atoms with E-state index in [1.165, 1.54) is 37.4 Å². The molecule has 0 aliphatic carbocycles. The summed E-state index contributed by atoms with van der Waals surface area (Å²) in [5.74, 6) is -0.314. The van der Waals surface area contributed by atoms with E-state index in [9.17, 15) is 9.59 Å². The molecule has 0 amide bonds. The van der Waals surface area contributed by atoms with Crippen LogP contribution in [0.1, 0.15) is 13.8 Å². The molecule has 16 heavy (non-hydrogen) atoms. The SMILES string of the molecule is CC(=O)C(C(C)=O)=C1Sc2ccccc2S1. The van der Waals surface area contributed by atoms with Crippen LogP contribution in [0.15, 0.2) is 43.9 Å². The van der Waals surface area contributed by atoms with Crippen molar-refractivity contribution in [3.05, 3.63) is 34.1 Å². The molecule has 0 fully saturated rings. The van der Waals surface area contributed by atoms with Gasteiger partial charge in [0.2, 0.25) is 0 Å². The van der Waals surface area contributed by atoms with Crippen molar-refractivity contribution in [3.8, 4) is 0 Å². The molecule has 0 radical (unpaired) electrons. The van der Waals surface area contributed by atoms with Gasteiger partial charge in [-0.3, -0.25) is 9.59 Å². The third kappa shape index (κ3) is 2.08. The molecule has 1 aromatic rings. The van der Waals surface area contributed by atoms with E-state index in [1.54, 1.807) is 0 Å². The van der Waals surface area contributed by atoms with Gasteiger partial charge in [-0.2, -0.15) is 0 Å². The number of rotatable bonds is 2. The fourth-order valence-electron chi connectivity index (χ4n) is 1.48. The van der Waals surface area contributed by atoms with Gasteiger partial charge in [0.05, 0.1) is 9.81 Å². The Morgan fingerprint density at radius 1 is 0.938 bits per heavy atom. The molecule has 0 atom stereocenters. The molecule has 0 N–H and O–H groups in total. The minimum atomic E-state index is -0.157. The summed E-state index contributed by atoms with van der Waals surface area (Å²) in [6, 6.07) is 7.91. The fraction of sp³-hybridized carbons (Fsp3) is 0.167. The second-order valence-corrected chi connectivity index (χ2v) is 5.79. The number of allylic oxidation sites excluding steroid dienone is 1. The highest BCUT2D eigenvalue weighted by Crippen LogP contribution is 2.52. The van der Waals surface area contributed by atoms with Crippen molar-refractivity contribution in [2.75, 3.05) is 0 Å². The van der Waals surface area contributed by atoms with Gasteiger partial charge in [0.15, 0.2) is 11.6 Å². The van der Waals surface area contributed by atoms with E-state index in [0.717, 1.165) is 14.0 Å². The Kier molecular flexibility index (Phi) is 3.21. The molecular formula is C12H10O2S2. The largest absolute Gasteiger partial charge is 0.294 e. The number of ketones is 2. The Labute approximate surface area is 102 Å². The first-order valence-corrected chi connectivity index (χ1v) is 6.44. The van der Waals surface area contributed by atoms with Crippen LogP contribution in [0.3, 0.4) is 0 Å². The van der Waals surface area contributed by atoms with Crippen molar-refractivity contribution >= 4 is 35.1 Å². The highest BCUT2D eigenvalue weighted by Gasteiger charge is 2.24. The number of Topliss-reactive ketones (excluding diaryl/α,β-unsaturated/α-hetero) is 2. The van der Waals surface area contributed by atoms with Crippen molar-refractivity contribution in [1.29, 1.82) is 0 Å². The lowest BCUT2D eigenvalue weighted by atomic mass is 10.1. The quantitative estimate of drug-likeness (QED) is 0.458. The monoisotopic (exact) mass is 250 g/mol. The van der Waals surface area contributed by atoms with E-state index in [1.807, 2.05) is 24.3 Å². The number of hydrogen-bond acceptors (Lipinski definition) is 4. The van der Waals surface area contributed by atoms with Crippen LogP contribution in [-0.2, 0) is 9.59 Å². The highest BCUT2D eigenvalue weighted by atomic mass is 32.2. The molecule has 1 aromatic carbocycles. The summed E-state index contributed by atoms with van der Waals surface area (Å²) in [4.78, 5) is 25.1. The first kappa shape index (κ1) is 11.5. The molecule has 0 aromatic heterocycles. The van der Waals surface area contributed by atoms with E-state index < -0.39 is 0 Å². The molecule has 2 rings (SSSR count). The maximum Gasteiger partial charge on any atom is 0.165 e. The van der Waals surface area contributed by atoms with Crippen molar-refractivity contribution in [2.24, 2.45) is 0 Å². The minimum Gasteiger partial charge on any atom is -0.294 e. The van der Waals surface area contributed by atoms with Crippen LogP contribution < -0.4 is 0 Å². The Balaban J connectivity index is 2.44. The molecule has 0 unspecified atom stereocenters. The third-order valence-corrected chi connectivity index (χ3v) is 4.72. The molecule has 0 bridgehead atoms. The zero-order valence-corrected chi connectivity index (χ0v) is 10.6. The van der Waals surface area contributed by atoms with Gasteiger partial charge in [0.1, 0.15) is 0 Å². The van der Waals surface area contributed by atoms with E-state index in [4.69, 9.17) is 0 Å². The van der Waals surface area contributed by atoms with Gasteiger partial charge >= 0.3 is 0 Å². The van der Waals surface area contributed by atoms with E-state index in [0.29, 0.717) is 5.57 Å². The summed E-state index contributed by atoms with van der Waals surface area (Å²) in [7, 11) is 0. The zero-order chi connectivity index (χ0) is 11.7. The number of carbonyl (C=O) groups is 2. The van der Waals surface area contributed by atoms with Gasteiger partial charge in [0.25, 0.3) is 0 Å². The summed E-state index contributed by atoms with van der Waals surface area (Å²) in [6.45, 7) is 2.88. The summed E-state index contributed by atoms with van der Waals surface area (Å²) < 4.78 is 0.807. The predicted molar refractivity (Wildman–Crippen MR) is 66.5 cm³/mol. The van der Waals surface area contributed by atoms with Crippen LogP contribution in [0.5, 0.6) is 0 Å². The average molecular weight is 250 g/mol. The van der Waals surface area contributed by atoms with Gasteiger partial charge < -0.3 is 0 Å². The lowest BCUT2D eigenvalue weighted by molar-refractivity contribution is -0.119. The highest BCUT2D eigenvalue weighted by molar-refractivity contribution is 8.24. The predicted octanol–water partition coefficient (Wildman–Crippen LogP) is 3.27. The molecule has 4 heteroatoms. The third-order valence-electron chi connectivity index (χ3n) is 2.16. The molecule has 0 spiro atoms. The van der Waals surface area contributed by atoms with Crippen molar-refractivity contribution < 1.29 is 9.59 Å². The van der Waals surface area contributed by atoms with Gasteiger partial charge in [-0.05, 0) is 26.0 Å². The number of thioether (sulfide) groups is 2. The first-order chi connectivity index (χ1) is 7.59. The van der Waals surface area contributed by atoms with Crippen LogP contribution in [0.25, 0.3) is 0 Å². The minimum absolute atomic E-state index is 0.157. The smallest absolute Gasteiger partial charge is 0.165 e. The Bertz CT molecular complexity index is 460. The molecule has 0 saturated heterocycles. The van der Waals surface area contributed by atoms with Gasteiger partial charge in [-0.15, -0.1) is 0 Å². The summed E-state index contributed by atoms with van der Waals surface area (Å²) >= 11 is 3.00. The van der Waals surface area contributed by atoms with Crippen molar-refractivity contribution in [1.82, 2.24) is 0 Å². The summed E-state index contributed by atoms with van der Waals surface area (Å²) in [5.41, 5.74) is 0.325. The number of benzene rings is 1. The van der Waals surface area contributed by atoms with Gasteiger partial charge in [-0.1, -0.05) is 35.7 Å². The molecule has 1 aliphatic heterocycles. The maximum atomic E-state index is 11.4. The van der Waals surface area contributed by atoms with Crippen LogP contribution in [0.2, 0.25) is 0 Å². The standard InChI is InChI=1S/C12H10O2S2/c1-7(13)11(8(2)14)12-15-9-5-3-4-6-10(9)16-12/h3-6H,1-2H3. The molecular weight excluding hydrogens is 240 g/mol. The Hall–Kier alpha value is -1.00. The van der Waals surface area contributed by atoms with Crippen molar-refractivity contribution in [2.45, 2.75) is 23.6 Å². The molecule has 1 heterocycles. The number of carbonyl (C=O) groups excluding carboxylic acids is 2. The van der Waals surface area contributed by atoms with E-state index in [-0.39, 0.29) is 11.6 Å². The normalized spacial score (nSPS) is 13.5. The lowest BCUT2D eigenvalue weighted by Crippen LogP contribution is -2.07. The first-order valence-electron chi connectivity index (χ1n) is 4.80. The fourth-order valence-corrected chi connectivity index (χ4v) is 4.24.